The Morgan fingerprint density at radius 3 is 2.38 bits per heavy atom. The van der Waals surface area contributed by atoms with Gasteiger partial charge in [-0.05, 0) is 23.8 Å². The molecule has 0 aliphatic heterocycles. The Morgan fingerprint density at radius 2 is 1.79 bits per heavy atom. The molecule has 2 N–H and O–H groups in total. The van der Waals surface area contributed by atoms with Crippen molar-refractivity contribution < 1.29 is 32.6 Å². The molecule has 10 heteroatoms. The Kier molecular flexibility index (Phi) is 5.81. The molecule has 0 bridgehead atoms. The molecule has 2 aromatic carbocycles. The molecule has 0 unspecified atom stereocenters. The number of benzene rings is 2. The van der Waals surface area contributed by atoms with E-state index in [0.29, 0.717) is 21.5 Å². The molecule has 3 aromatic rings. The Bertz CT molecular complexity index is 1120. The van der Waals surface area contributed by atoms with Crippen molar-refractivity contribution in [3.63, 3.8) is 0 Å². The Balaban J connectivity index is 2.01. The van der Waals surface area contributed by atoms with Crippen LogP contribution in [0.15, 0.2) is 35.7 Å². The molecular weight excluding hydrogens is 431 g/mol. The highest BCUT2D eigenvalue weighted by Crippen LogP contribution is 2.37. The molecule has 1 amide bonds. The van der Waals surface area contributed by atoms with Gasteiger partial charge in [-0.15, -0.1) is 11.3 Å². The molecule has 0 saturated heterocycles. The summed E-state index contributed by atoms with van der Waals surface area (Å²) >= 11 is 6.86. The van der Waals surface area contributed by atoms with Crippen LogP contribution >= 0.6 is 22.9 Å². The largest absolute Gasteiger partial charge is 0.491 e. The van der Waals surface area contributed by atoms with Crippen LogP contribution in [0.1, 0.15) is 20.7 Å². The number of carbonyl (C=O) groups excluding carboxylic acids is 1. The van der Waals surface area contributed by atoms with Gasteiger partial charge in [0, 0.05) is 10.4 Å². The maximum Gasteiger partial charge on any atom is 0.339 e. The van der Waals surface area contributed by atoms with Crippen molar-refractivity contribution in [3.05, 3.63) is 69.3 Å². The standard InChI is InChI=1S/C19H11ClF3NO4S/c1-28-16-14(22)10(6-11(21)15(16)23)18(25)24-12-7-29-17(13(12)19(26)27)8-2-4-9(20)5-3-8/h2-7H,1H3,(H,24,25)(H,26,27). The second kappa shape index (κ2) is 8.14. The van der Waals surface area contributed by atoms with Crippen LogP contribution < -0.4 is 10.1 Å². The van der Waals surface area contributed by atoms with E-state index in [-0.39, 0.29) is 11.3 Å². The number of hydrogen-bond donors (Lipinski definition) is 2. The second-order valence-corrected chi connectivity index (χ2v) is 7.00. The smallest absolute Gasteiger partial charge is 0.339 e. The minimum absolute atomic E-state index is 0.124. The lowest BCUT2D eigenvalue weighted by atomic mass is 10.1. The summed E-state index contributed by atoms with van der Waals surface area (Å²) < 4.78 is 46.0. The molecule has 150 valence electrons. The van der Waals surface area contributed by atoms with Gasteiger partial charge in [-0.25, -0.2) is 13.6 Å². The Labute approximate surface area is 171 Å². The quantitative estimate of drug-likeness (QED) is 0.516. The zero-order chi connectivity index (χ0) is 21.3. The summed E-state index contributed by atoms with van der Waals surface area (Å²) in [4.78, 5) is 24.5. The molecule has 1 heterocycles. The fraction of sp³-hybridized carbons (Fsp3) is 0.0526. The topological polar surface area (TPSA) is 75.6 Å². The Hall–Kier alpha value is -3.04. The molecule has 0 radical (unpaired) electrons. The normalized spacial score (nSPS) is 10.7. The van der Waals surface area contributed by atoms with Gasteiger partial charge in [0.15, 0.2) is 17.4 Å². The van der Waals surface area contributed by atoms with Crippen molar-refractivity contribution >= 4 is 40.5 Å². The monoisotopic (exact) mass is 441 g/mol. The number of halogens is 4. The van der Waals surface area contributed by atoms with Gasteiger partial charge in [-0.2, -0.15) is 4.39 Å². The highest BCUT2D eigenvalue weighted by molar-refractivity contribution is 7.14. The van der Waals surface area contributed by atoms with E-state index in [2.05, 4.69) is 10.1 Å². The number of amides is 1. The summed E-state index contributed by atoms with van der Waals surface area (Å²) in [5.74, 6) is -8.03. The zero-order valence-electron chi connectivity index (χ0n) is 14.6. The van der Waals surface area contributed by atoms with Crippen LogP contribution in [0.3, 0.4) is 0 Å². The Morgan fingerprint density at radius 1 is 1.14 bits per heavy atom. The minimum Gasteiger partial charge on any atom is -0.491 e. The summed E-state index contributed by atoms with van der Waals surface area (Å²) in [6.45, 7) is 0. The molecule has 29 heavy (non-hydrogen) atoms. The van der Waals surface area contributed by atoms with Crippen molar-refractivity contribution in [2.45, 2.75) is 0 Å². The van der Waals surface area contributed by atoms with E-state index in [1.165, 1.54) is 5.38 Å². The zero-order valence-corrected chi connectivity index (χ0v) is 16.1. The number of nitrogens with one attached hydrogen (secondary N) is 1. The highest BCUT2D eigenvalue weighted by atomic mass is 35.5. The number of carbonyl (C=O) groups is 2. The van der Waals surface area contributed by atoms with Gasteiger partial charge in [0.1, 0.15) is 5.56 Å². The molecule has 0 fully saturated rings. The number of hydrogen-bond acceptors (Lipinski definition) is 4. The van der Waals surface area contributed by atoms with Crippen LogP contribution in [0.5, 0.6) is 5.75 Å². The highest BCUT2D eigenvalue weighted by Gasteiger charge is 2.26. The van der Waals surface area contributed by atoms with Gasteiger partial charge in [-0.1, -0.05) is 23.7 Å². The van der Waals surface area contributed by atoms with Gasteiger partial charge in [0.05, 0.1) is 23.2 Å². The molecule has 5 nitrogen and oxygen atoms in total. The van der Waals surface area contributed by atoms with Gasteiger partial charge in [0.2, 0.25) is 5.82 Å². The SMILES string of the molecule is COc1c(F)c(F)cc(C(=O)Nc2csc(-c3ccc(Cl)cc3)c2C(=O)O)c1F. The van der Waals surface area contributed by atoms with E-state index in [4.69, 9.17) is 11.6 Å². The lowest BCUT2D eigenvalue weighted by Crippen LogP contribution is -2.17. The van der Waals surface area contributed by atoms with Gasteiger partial charge < -0.3 is 15.2 Å². The first kappa shape index (κ1) is 20.7. The lowest BCUT2D eigenvalue weighted by Gasteiger charge is -2.10. The molecule has 0 saturated carbocycles. The van der Waals surface area contributed by atoms with E-state index in [1.54, 1.807) is 24.3 Å². The maximum absolute atomic E-state index is 14.3. The number of aromatic carboxylic acids is 1. The summed E-state index contributed by atoms with van der Waals surface area (Å²) in [5.41, 5.74) is -0.657. The summed E-state index contributed by atoms with van der Waals surface area (Å²) in [7, 11) is 0.919. The van der Waals surface area contributed by atoms with Crippen molar-refractivity contribution in [2.75, 3.05) is 12.4 Å². The molecule has 0 spiro atoms. The third-order valence-electron chi connectivity index (χ3n) is 3.92. The average molecular weight is 442 g/mol. The van der Waals surface area contributed by atoms with E-state index in [9.17, 15) is 27.9 Å². The van der Waals surface area contributed by atoms with Gasteiger partial charge in [0.25, 0.3) is 5.91 Å². The van der Waals surface area contributed by atoms with E-state index < -0.39 is 40.6 Å². The molecular formula is C19H11ClF3NO4S. The van der Waals surface area contributed by atoms with E-state index >= 15 is 0 Å². The van der Waals surface area contributed by atoms with Crippen LogP contribution in [0.4, 0.5) is 18.9 Å². The van der Waals surface area contributed by atoms with E-state index in [0.717, 1.165) is 18.4 Å². The molecule has 0 aliphatic carbocycles. The van der Waals surface area contributed by atoms with Crippen molar-refractivity contribution in [1.82, 2.24) is 0 Å². The van der Waals surface area contributed by atoms with E-state index in [1.807, 2.05) is 0 Å². The maximum atomic E-state index is 14.3. The fourth-order valence-corrected chi connectivity index (χ4v) is 3.72. The first-order valence-corrected chi connectivity index (χ1v) is 9.13. The third kappa shape index (κ3) is 3.92. The number of carboxylic acids is 1. The number of ether oxygens (including phenoxy) is 1. The van der Waals surface area contributed by atoms with Crippen LogP contribution in [-0.2, 0) is 0 Å². The first-order chi connectivity index (χ1) is 13.7. The number of carboxylic acid groups (broad SMARTS) is 1. The second-order valence-electron chi connectivity index (χ2n) is 5.69. The summed E-state index contributed by atoms with van der Waals surface area (Å²) in [5, 5.41) is 13.6. The van der Waals surface area contributed by atoms with Gasteiger partial charge >= 0.3 is 5.97 Å². The van der Waals surface area contributed by atoms with Crippen LogP contribution in [0.25, 0.3) is 10.4 Å². The summed E-state index contributed by atoms with van der Waals surface area (Å²) in [6, 6.07) is 6.72. The number of thiophene rings is 1. The number of methoxy groups -OCH3 is 1. The number of anilines is 1. The van der Waals surface area contributed by atoms with Crippen molar-refractivity contribution in [1.29, 1.82) is 0 Å². The average Bonchev–Trinajstić information content (AvgIpc) is 3.09. The van der Waals surface area contributed by atoms with Crippen molar-refractivity contribution in [3.8, 4) is 16.2 Å². The molecule has 0 aliphatic rings. The van der Waals surface area contributed by atoms with Crippen molar-refractivity contribution in [2.24, 2.45) is 0 Å². The third-order valence-corrected chi connectivity index (χ3v) is 5.21. The molecule has 3 rings (SSSR count). The van der Waals surface area contributed by atoms with Gasteiger partial charge in [-0.3, -0.25) is 4.79 Å². The fourth-order valence-electron chi connectivity index (χ4n) is 2.59. The van der Waals surface area contributed by atoms with Crippen LogP contribution in [0.2, 0.25) is 5.02 Å². The lowest BCUT2D eigenvalue weighted by molar-refractivity contribution is 0.0699. The van der Waals surface area contributed by atoms with Crippen LogP contribution in [-0.4, -0.2) is 24.1 Å². The summed E-state index contributed by atoms with van der Waals surface area (Å²) in [6.07, 6.45) is 0. The van der Waals surface area contributed by atoms with Crippen LogP contribution in [0, 0.1) is 17.5 Å². The predicted octanol–water partition coefficient (Wildman–Crippen LogP) is 5.44. The molecule has 0 atom stereocenters. The molecule has 1 aromatic heterocycles. The minimum atomic E-state index is -1.58. The predicted molar refractivity (Wildman–Crippen MR) is 103 cm³/mol. The first-order valence-electron chi connectivity index (χ1n) is 7.88. The number of rotatable bonds is 5.